The maximum Gasteiger partial charge on any atom is -0.00179 e. The third-order valence-electron chi connectivity index (χ3n) is 4.01. The summed E-state index contributed by atoms with van der Waals surface area (Å²) in [5.41, 5.74) is 0. The fourth-order valence-electron chi connectivity index (χ4n) is 2.82. The Hall–Kier alpha value is -0.0400. The molecule has 1 saturated carbocycles. The second kappa shape index (κ2) is 7.32. The first-order valence-corrected chi connectivity index (χ1v) is 7.30. The molecular weight excluding hydrogens is 194 g/mol. The van der Waals surface area contributed by atoms with Gasteiger partial charge in [-0.15, -0.1) is 0 Å². The highest BCUT2D eigenvalue weighted by Gasteiger charge is 2.21. The zero-order chi connectivity index (χ0) is 12.0. The maximum absolute atomic E-state index is 3.64. The van der Waals surface area contributed by atoms with Gasteiger partial charge in [0.2, 0.25) is 0 Å². The van der Waals surface area contributed by atoms with Gasteiger partial charge in [-0.05, 0) is 43.2 Å². The van der Waals surface area contributed by atoms with Gasteiger partial charge in [-0.2, -0.15) is 0 Å². The third-order valence-corrected chi connectivity index (χ3v) is 4.01. The highest BCUT2D eigenvalue weighted by molar-refractivity contribution is 4.75. The van der Waals surface area contributed by atoms with Crippen LogP contribution in [0.5, 0.6) is 0 Å². The fourth-order valence-corrected chi connectivity index (χ4v) is 2.82. The molecule has 1 heteroatoms. The standard InChI is InChI=1S/C15H31N/c1-12(2)10-16-11-15(13(3)4)9-14-7-5-6-8-14/h12-16H,5-11H2,1-4H3. The van der Waals surface area contributed by atoms with Gasteiger partial charge in [0, 0.05) is 0 Å². The van der Waals surface area contributed by atoms with E-state index in [1.807, 2.05) is 0 Å². The van der Waals surface area contributed by atoms with Crippen LogP contribution in [-0.2, 0) is 0 Å². The van der Waals surface area contributed by atoms with E-state index >= 15 is 0 Å². The Balaban J connectivity index is 2.23. The van der Waals surface area contributed by atoms with Crippen LogP contribution in [0.2, 0.25) is 0 Å². The Morgan fingerprint density at radius 3 is 2.12 bits per heavy atom. The van der Waals surface area contributed by atoms with E-state index in [1.165, 1.54) is 45.2 Å². The van der Waals surface area contributed by atoms with Gasteiger partial charge in [-0.25, -0.2) is 0 Å². The number of hydrogen-bond donors (Lipinski definition) is 1. The summed E-state index contributed by atoms with van der Waals surface area (Å²) in [4.78, 5) is 0. The maximum atomic E-state index is 3.64. The van der Waals surface area contributed by atoms with E-state index in [9.17, 15) is 0 Å². The van der Waals surface area contributed by atoms with Crippen molar-refractivity contribution < 1.29 is 0 Å². The number of nitrogens with one attached hydrogen (secondary N) is 1. The summed E-state index contributed by atoms with van der Waals surface area (Å²) in [5.74, 6) is 3.54. The van der Waals surface area contributed by atoms with Crippen LogP contribution in [0.25, 0.3) is 0 Å². The van der Waals surface area contributed by atoms with Gasteiger partial charge >= 0.3 is 0 Å². The molecule has 0 radical (unpaired) electrons. The van der Waals surface area contributed by atoms with E-state index in [0.717, 1.165) is 23.7 Å². The predicted molar refractivity (Wildman–Crippen MR) is 72.6 cm³/mol. The van der Waals surface area contributed by atoms with E-state index in [-0.39, 0.29) is 0 Å². The Morgan fingerprint density at radius 2 is 1.62 bits per heavy atom. The molecule has 1 N–H and O–H groups in total. The molecule has 96 valence electrons. The minimum absolute atomic E-state index is 0.777. The highest BCUT2D eigenvalue weighted by Crippen LogP contribution is 2.32. The Bertz CT molecular complexity index is 168. The lowest BCUT2D eigenvalue weighted by molar-refractivity contribution is 0.284. The minimum Gasteiger partial charge on any atom is -0.316 e. The fraction of sp³-hybridized carbons (Fsp3) is 1.00. The summed E-state index contributed by atoms with van der Waals surface area (Å²) >= 11 is 0. The highest BCUT2D eigenvalue weighted by atomic mass is 14.9. The second-order valence-corrected chi connectivity index (χ2v) is 6.44. The molecule has 16 heavy (non-hydrogen) atoms. The lowest BCUT2D eigenvalue weighted by atomic mass is 9.85. The molecule has 0 aliphatic heterocycles. The molecule has 0 heterocycles. The van der Waals surface area contributed by atoms with Crippen molar-refractivity contribution in [3.05, 3.63) is 0 Å². The molecule has 0 aromatic rings. The van der Waals surface area contributed by atoms with Crippen molar-refractivity contribution in [1.29, 1.82) is 0 Å². The summed E-state index contributed by atoms with van der Waals surface area (Å²) < 4.78 is 0. The lowest BCUT2D eigenvalue weighted by Gasteiger charge is -2.25. The van der Waals surface area contributed by atoms with Crippen molar-refractivity contribution >= 4 is 0 Å². The van der Waals surface area contributed by atoms with Crippen LogP contribution in [0, 0.1) is 23.7 Å². The van der Waals surface area contributed by atoms with Crippen LogP contribution >= 0.6 is 0 Å². The van der Waals surface area contributed by atoms with Crippen LogP contribution in [0.4, 0.5) is 0 Å². The van der Waals surface area contributed by atoms with Crippen LogP contribution in [0.1, 0.15) is 59.8 Å². The molecule has 1 aliphatic carbocycles. The van der Waals surface area contributed by atoms with Crippen LogP contribution < -0.4 is 5.32 Å². The van der Waals surface area contributed by atoms with Crippen LogP contribution in [-0.4, -0.2) is 13.1 Å². The van der Waals surface area contributed by atoms with E-state index < -0.39 is 0 Å². The SMILES string of the molecule is CC(C)CNCC(CC1CCCC1)C(C)C. The van der Waals surface area contributed by atoms with E-state index in [4.69, 9.17) is 0 Å². The van der Waals surface area contributed by atoms with Crippen molar-refractivity contribution in [2.75, 3.05) is 13.1 Å². The topological polar surface area (TPSA) is 12.0 Å². The van der Waals surface area contributed by atoms with Gasteiger partial charge in [0.1, 0.15) is 0 Å². The summed E-state index contributed by atoms with van der Waals surface area (Å²) in [6.45, 7) is 11.7. The smallest absolute Gasteiger partial charge is 0.00179 e. The zero-order valence-electron chi connectivity index (χ0n) is 11.8. The third kappa shape index (κ3) is 5.34. The van der Waals surface area contributed by atoms with Gasteiger partial charge in [-0.3, -0.25) is 0 Å². The largest absolute Gasteiger partial charge is 0.316 e. The molecule has 1 unspecified atom stereocenters. The van der Waals surface area contributed by atoms with Crippen molar-refractivity contribution in [2.24, 2.45) is 23.7 Å². The molecule has 0 saturated heterocycles. The summed E-state index contributed by atoms with van der Waals surface area (Å²) in [6, 6.07) is 0. The van der Waals surface area contributed by atoms with E-state index in [1.54, 1.807) is 0 Å². The Labute approximate surface area is 102 Å². The first-order valence-electron chi connectivity index (χ1n) is 7.30. The minimum atomic E-state index is 0.777. The summed E-state index contributed by atoms with van der Waals surface area (Å²) in [6.07, 6.45) is 7.41. The Kier molecular flexibility index (Phi) is 6.41. The average Bonchev–Trinajstić information content (AvgIpc) is 2.68. The summed E-state index contributed by atoms with van der Waals surface area (Å²) in [5, 5.41) is 3.64. The zero-order valence-corrected chi connectivity index (χ0v) is 11.8. The van der Waals surface area contributed by atoms with Gasteiger partial charge < -0.3 is 5.32 Å². The molecule has 0 aromatic heterocycles. The van der Waals surface area contributed by atoms with Gasteiger partial charge in [0.05, 0.1) is 0 Å². The first kappa shape index (κ1) is 14.0. The summed E-state index contributed by atoms with van der Waals surface area (Å²) in [7, 11) is 0. The lowest BCUT2D eigenvalue weighted by Crippen LogP contribution is -2.30. The van der Waals surface area contributed by atoms with Crippen LogP contribution in [0.3, 0.4) is 0 Å². The van der Waals surface area contributed by atoms with Crippen molar-refractivity contribution in [2.45, 2.75) is 59.8 Å². The molecule has 1 atom stereocenters. The van der Waals surface area contributed by atoms with Crippen molar-refractivity contribution in [3.63, 3.8) is 0 Å². The average molecular weight is 225 g/mol. The molecule has 1 nitrogen and oxygen atoms in total. The monoisotopic (exact) mass is 225 g/mol. The van der Waals surface area contributed by atoms with E-state index in [0.29, 0.717) is 0 Å². The van der Waals surface area contributed by atoms with Gasteiger partial charge in [0.25, 0.3) is 0 Å². The first-order chi connectivity index (χ1) is 7.59. The van der Waals surface area contributed by atoms with Crippen molar-refractivity contribution in [1.82, 2.24) is 5.32 Å². The Morgan fingerprint density at radius 1 is 1.00 bits per heavy atom. The van der Waals surface area contributed by atoms with Gasteiger partial charge in [-0.1, -0.05) is 53.4 Å². The molecular formula is C15H31N. The molecule has 1 aliphatic rings. The quantitative estimate of drug-likeness (QED) is 0.688. The molecule has 0 spiro atoms. The number of rotatable bonds is 7. The number of hydrogen-bond acceptors (Lipinski definition) is 1. The second-order valence-electron chi connectivity index (χ2n) is 6.44. The van der Waals surface area contributed by atoms with E-state index in [2.05, 4.69) is 33.0 Å². The molecule has 1 fully saturated rings. The molecule has 0 amide bonds. The molecule has 0 aromatic carbocycles. The molecule has 0 bridgehead atoms. The van der Waals surface area contributed by atoms with Crippen LogP contribution in [0.15, 0.2) is 0 Å². The normalized spacial score (nSPS) is 19.9. The van der Waals surface area contributed by atoms with Crippen molar-refractivity contribution in [3.8, 4) is 0 Å². The predicted octanol–water partition coefficient (Wildman–Crippen LogP) is 4.08. The molecule has 1 rings (SSSR count). The van der Waals surface area contributed by atoms with Gasteiger partial charge in [0.15, 0.2) is 0 Å².